The number of rotatable bonds is 3. The average molecular weight is 265 g/mol. The highest BCUT2D eigenvalue weighted by atomic mass is 16.3. The molecule has 0 aliphatic heterocycles. The Morgan fingerprint density at radius 3 is 2.58 bits per heavy atom. The standard InChI is InChI=1S/C14H19NO4/c16-11-6-4-5-10(12(11)17)13(18)15-9-14(19)7-2-1-3-8-14/h4-6,16-17,19H,1-3,7-9H2,(H,15,18). The smallest absolute Gasteiger partial charge is 0.255 e. The van der Waals surface area contributed by atoms with E-state index in [9.17, 15) is 20.1 Å². The second kappa shape index (κ2) is 5.48. The van der Waals surface area contributed by atoms with Crippen LogP contribution in [0, 0.1) is 0 Å². The molecule has 0 spiro atoms. The molecular formula is C14H19NO4. The third-order valence-corrected chi connectivity index (χ3v) is 3.62. The maximum Gasteiger partial charge on any atom is 0.255 e. The zero-order chi connectivity index (χ0) is 13.9. The Labute approximate surface area is 111 Å². The first-order valence-electron chi connectivity index (χ1n) is 6.53. The van der Waals surface area contributed by atoms with Gasteiger partial charge >= 0.3 is 0 Å². The van der Waals surface area contributed by atoms with Crippen molar-refractivity contribution in [1.29, 1.82) is 0 Å². The number of para-hydroxylation sites is 1. The van der Waals surface area contributed by atoms with Crippen LogP contribution >= 0.6 is 0 Å². The first-order valence-corrected chi connectivity index (χ1v) is 6.53. The van der Waals surface area contributed by atoms with Crippen LogP contribution in [-0.4, -0.2) is 33.4 Å². The van der Waals surface area contributed by atoms with E-state index in [2.05, 4.69) is 5.32 Å². The van der Waals surface area contributed by atoms with Gasteiger partial charge in [0, 0.05) is 6.54 Å². The molecule has 1 amide bonds. The number of hydrogen-bond donors (Lipinski definition) is 4. The summed E-state index contributed by atoms with van der Waals surface area (Å²) in [6.07, 6.45) is 4.40. The molecule has 5 nitrogen and oxygen atoms in total. The molecule has 0 heterocycles. The zero-order valence-electron chi connectivity index (χ0n) is 10.7. The fourth-order valence-corrected chi connectivity index (χ4v) is 2.44. The van der Waals surface area contributed by atoms with E-state index in [0.717, 1.165) is 19.3 Å². The van der Waals surface area contributed by atoms with Crippen LogP contribution in [0.1, 0.15) is 42.5 Å². The molecule has 1 aliphatic rings. The monoisotopic (exact) mass is 265 g/mol. The summed E-state index contributed by atoms with van der Waals surface area (Å²) in [6.45, 7) is 0.168. The van der Waals surface area contributed by atoms with Gasteiger partial charge in [0.1, 0.15) is 0 Å². The molecule has 0 radical (unpaired) electrons. The molecule has 19 heavy (non-hydrogen) atoms. The maximum absolute atomic E-state index is 11.9. The largest absolute Gasteiger partial charge is 0.504 e. The number of hydrogen-bond acceptors (Lipinski definition) is 4. The fourth-order valence-electron chi connectivity index (χ4n) is 2.44. The van der Waals surface area contributed by atoms with Crippen LogP contribution < -0.4 is 5.32 Å². The summed E-state index contributed by atoms with van der Waals surface area (Å²) in [4.78, 5) is 11.9. The third kappa shape index (κ3) is 3.17. The van der Waals surface area contributed by atoms with E-state index < -0.39 is 17.3 Å². The van der Waals surface area contributed by atoms with E-state index in [1.54, 1.807) is 0 Å². The van der Waals surface area contributed by atoms with Crippen LogP contribution in [0.15, 0.2) is 18.2 Å². The van der Waals surface area contributed by atoms with Gasteiger partial charge in [0.2, 0.25) is 0 Å². The van der Waals surface area contributed by atoms with E-state index in [1.165, 1.54) is 18.2 Å². The van der Waals surface area contributed by atoms with Crippen molar-refractivity contribution in [3.8, 4) is 11.5 Å². The van der Waals surface area contributed by atoms with E-state index in [1.807, 2.05) is 0 Å². The Bertz CT molecular complexity index is 467. The lowest BCUT2D eigenvalue weighted by Crippen LogP contribution is -2.44. The van der Waals surface area contributed by atoms with Crippen molar-refractivity contribution in [1.82, 2.24) is 5.32 Å². The maximum atomic E-state index is 11.9. The van der Waals surface area contributed by atoms with E-state index in [0.29, 0.717) is 12.8 Å². The summed E-state index contributed by atoms with van der Waals surface area (Å²) < 4.78 is 0. The topological polar surface area (TPSA) is 89.8 Å². The molecule has 5 heteroatoms. The Kier molecular flexibility index (Phi) is 3.95. The summed E-state index contributed by atoms with van der Waals surface area (Å²) in [5.74, 6) is -1.26. The van der Waals surface area contributed by atoms with Gasteiger partial charge in [-0.3, -0.25) is 4.79 Å². The lowest BCUT2D eigenvalue weighted by molar-refractivity contribution is 0.00522. The normalized spacial score (nSPS) is 17.9. The van der Waals surface area contributed by atoms with Gasteiger partial charge in [-0.25, -0.2) is 0 Å². The van der Waals surface area contributed by atoms with Gasteiger partial charge in [-0.2, -0.15) is 0 Å². The Hall–Kier alpha value is -1.75. The molecule has 1 fully saturated rings. The molecule has 0 atom stereocenters. The van der Waals surface area contributed by atoms with Gasteiger partial charge in [0.25, 0.3) is 5.91 Å². The van der Waals surface area contributed by atoms with Crippen LogP contribution in [0.25, 0.3) is 0 Å². The summed E-state index contributed by atoms with van der Waals surface area (Å²) in [5.41, 5.74) is -0.834. The molecule has 1 aromatic carbocycles. The van der Waals surface area contributed by atoms with Gasteiger partial charge in [-0.05, 0) is 25.0 Å². The van der Waals surface area contributed by atoms with Crippen LogP contribution in [0.2, 0.25) is 0 Å². The second-order valence-electron chi connectivity index (χ2n) is 5.14. The number of carbonyl (C=O) groups is 1. The summed E-state index contributed by atoms with van der Waals surface area (Å²) >= 11 is 0. The Morgan fingerprint density at radius 2 is 1.89 bits per heavy atom. The average Bonchev–Trinajstić information content (AvgIpc) is 2.40. The quantitative estimate of drug-likeness (QED) is 0.624. The highest BCUT2D eigenvalue weighted by Crippen LogP contribution is 2.29. The molecule has 4 N–H and O–H groups in total. The SMILES string of the molecule is O=C(NCC1(O)CCCCC1)c1cccc(O)c1O. The summed E-state index contributed by atoms with van der Waals surface area (Å²) in [6, 6.07) is 4.22. The van der Waals surface area contributed by atoms with Gasteiger partial charge < -0.3 is 20.6 Å². The lowest BCUT2D eigenvalue weighted by atomic mass is 9.85. The van der Waals surface area contributed by atoms with Crippen molar-refractivity contribution in [2.75, 3.05) is 6.54 Å². The minimum atomic E-state index is -0.847. The second-order valence-corrected chi connectivity index (χ2v) is 5.14. The third-order valence-electron chi connectivity index (χ3n) is 3.62. The molecule has 0 aromatic heterocycles. The van der Waals surface area contributed by atoms with E-state index in [-0.39, 0.29) is 17.9 Å². The Morgan fingerprint density at radius 1 is 1.21 bits per heavy atom. The fraction of sp³-hybridized carbons (Fsp3) is 0.500. The number of nitrogens with one attached hydrogen (secondary N) is 1. The number of aromatic hydroxyl groups is 2. The van der Waals surface area contributed by atoms with Crippen molar-refractivity contribution >= 4 is 5.91 Å². The first kappa shape index (κ1) is 13.7. The molecule has 1 aromatic rings. The number of phenolic OH excluding ortho intramolecular Hbond substituents is 2. The van der Waals surface area contributed by atoms with Crippen molar-refractivity contribution < 1.29 is 20.1 Å². The Balaban J connectivity index is 1.99. The predicted molar refractivity (Wildman–Crippen MR) is 70.1 cm³/mol. The van der Waals surface area contributed by atoms with Crippen molar-refractivity contribution in [3.63, 3.8) is 0 Å². The lowest BCUT2D eigenvalue weighted by Gasteiger charge is -2.32. The minimum absolute atomic E-state index is 0.0133. The van der Waals surface area contributed by atoms with Crippen LogP contribution in [0.5, 0.6) is 11.5 Å². The van der Waals surface area contributed by atoms with Crippen molar-refractivity contribution in [2.45, 2.75) is 37.7 Å². The molecular weight excluding hydrogens is 246 g/mol. The molecule has 0 saturated heterocycles. The number of phenols is 2. The van der Waals surface area contributed by atoms with Crippen molar-refractivity contribution in [3.05, 3.63) is 23.8 Å². The van der Waals surface area contributed by atoms with Gasteiger partial charge in [0.15, 0.2) is 11.5 Å². The molecule has 1 aliphatic carbocycles. The zero-order valence-corrected chi connectivity index (χ0v) is 10.7. The van der Waals surface area contributed by atoms with Gasteiger partial charge in [-0.1, -0.05) is 25.3 Å². The summed E-state index contributed by atoms with van der Waals surface area (Å²) in [5, 5.41) is 31.8. The highest BCUT2D eigenvalue weighted by Gasteiger charge is 2.29. The van der Waals surface area contributed by atoms with Crippen LogP contribution in [0.4, 0.5) is 0 Å². The number of aliphatic hydroxyl groups is 1. The van der Waals surface area contributed by atoms with Crippen molar-refractivity contribution in [2.24, 2.45) is 0 Å². The van der Waals surface area contributed by atoms with E-state index in [4.69, 9.17) is 0 Å². The molecule has 104 valence electrons. The number of benzene rings is 1. The highest BCUT2D eigenvalue weighted by molar-refractivity contribution is 5.97. The first-order chi connectivity index (χ1) is 9.02. The molecule has 1 saturated carbocycles. The van der Waals surface area contributed by atoms with Crippen LogP contribution in [-0.2, 0) is 0 Å². The molecule has 0 bridgehead atoms. The predicted octanol–water partition coefficient (Wildman–Crippen LogP) is 1.52. The molecule has 0 unspecified atom stereocenters. The number of carbonyl (C=O) groups excluding carboxylic acids is 1. The minimum Gasteiger partial charge on any atom is -0.504 e. The van der Waals surface area contributed by atoms with Gasteiger partial charge in [0.05, 0.1) is 11.2 Å². The van der Waals surface area contributed by atoms with Crippen LogP contribution in [0.3, 0.4) is 0 Å². The van der Waals surface area contributed by atoms with E-state index >= 15 is 0 Å². The summed E-state index contributed by atoms with van der Waals surface area (Å²) in [7, 11) is 0. The van der Waals surface area contributed by atoms with Gasteiger partial charge in [-0.15, -0.1) is 0 Å². The number of amides is 1. The molecule has 2 rings (SSSR count).